The van der Waals surface area contributed by atoms with Gasteiger partial charge in [-0.1, -0.05) is 32.4 Å². The lowest BCUT2D eigenvalue weighted by Crippen LogP contribution is -2.25. The third-order valence-corrected chi connectivity index (χ3v) is 9.03. The van der Waals surface area contributed by atoms with Crippen molar-refractivity contribution in [3.8, 4) is 28.2 Å². The first kappa shape index (κ1) is 36.5. The lowest BCUT2D eigenvalue weighted by atomic mass is 9.91. The molecule has 2 aromatic rings. The molecule has 3 unspecified atom stereocenters. The summed E-state index contributed by atoms with van der Waals surface area (Å²) in [6, 6.07) is 16.4. The zero-order valence-electron chi connectivity index (χ0n) is 26.0. The molecule has 3 atom stereocenters. The molecule has 1 amide bonds. The van der Waals surface area contributed by atoms with Crippen LogP contribution in [-0.2, 0) is 22.7 Å². The van der Waals surface area contributed by atoms with Crippen molar-refractivity contribution in [3.63, 3.8) is 0 Å². The van der Waals surface area contributed by atoms with Gasteiger partial charge in [0, 0.05) is 40.8 Å². The summed E-state index contributed by atoms with van der Waals surface area (Å²) >= 11 is 0. The van der Waals surface area contributed by atoms with Gasteiger partial charge in [0.15, 0.2) is 5.43 Å². The maximum Gasteiger partial charge on any atom is 0.267 e. The van der Waals surface area contributed by atoms with Crippen molar-refractivity contribution in [3.05, 3.63) is 76.5 Å². The highest BCUT2D eigenvalue weighted by Crippen LogP contribution is 2.41. The maximum absolute atomic E-state index is 13.1. The lowest BCUT2D eigenvalue weighted by molar-refractivity contribution is -0.227. The van der Waals surface area contributed by atoms with E-state index in [-0.39, 0.29) is 48.6 Å². The molecule has 1 aliphatic carbocycles. The van der Waals surface area contributed by atoms with E-state index in [0.717, 1.165) is 11.1 Å². The van der Waals surface area contributed by atoms with Crippen molar-refractivity contribution in [2.24, 2.45) is 11.8 Å². The van der Waals surface area contributed by atoms with Crippen LogP contribution in [0.3, 0.4) is 0 Å². The average molecular weight is 690 g/mol. The highest BCUT2D eigenvalue weighted by Gasteiger charge is 2.20. The molecule has 4 rings (SSSR count). The van der Waals surface area contributed by atoms with Crippen LogP contribution in [0.25, 0.3) is 33.4 Å². The normalized spacial score (nSPS) is 15.0. The molecule has 0 bridgehead atoms. The van der Waals surface area contributed by atoms with Crippen LogP contribution >= 0.6 is 15.6 Å². The number of phenols is 1. The van der Waals surface area contributed by atoms with Gasteiger partial charge in [0.05, 0.1) is 19.8 Å². The number of nitrogens with one attached hydrogen (secondary N) is 1. The minimum Gasteiger partial charge on any atom is -0.756 e. The van der Waals surface area contributed by atoms with E-state index in [1.807, 2.05) is 19.9 Å². The molecule has 254 valence electrons. The summed E-state index contributed by atoms with van der Waals surface area (Å²) < 4.78 is 42.4. The lowest BCUT2D eigenvalue weighted by Gasteiger charge is -2.27. The molecule has 0 fully saturated rings. The Balaban J connectivity index is 1.30. The number of fused-ring (bicyclic) bond motifs is 2. The maximum atomic E-state index is 13.1. The van der Waals surface area contributed by atoms with E-state index in [1.54, 1.807) is 36.4 Å². The number of aromatic hydroxyl groups is 1. The largest absolute Gasteiger partial charge is 0.756 e. The van der Waals surface area contributed by atoms with E-state index in [0.29, 0.717) is 53.7 Å². The smallest absolute Gasteiger partial charge is 0.267 e. The predicted octanol–water partition coefficient (Wildman–Crippen LogP) is 4.81. The van der Waals surface area contributed by atoms with Gasteiger partial charge >= 0.3 is 0 Å². The van der Waals surface area contributed by atoms with Crippen LogP contribution in [0.1, 0.15) is 49.9 Å². The molecule has 1 aliphatic heterocycles. The Bertz CT molecular complexity index is 1800. The third kappa shape index (κ3) is 10.8. The van der Waals surface area contributed by atoms with Gasteiger partial charge in [-0.15, -0.1) is 0 Å². The number of carbonyl (C=O) groups excluding carboxylic acids is 1. The minimum atomic E-state index is -4.88. The number of phosphoric ester groups is 2. The summed E-state index contributed by atoms with van der Waals surface area (Å²) in [5.74, 6) is 0.124. The van der Waals surface area contributed by atoms with E-state index in [9.17, 15) is 33.6 Å². The molecule has 0 saturated carbocycles. The first-order chi connectivity index (χ1) is 22.2. The summed E-state index contributed by atoms with van der Waals surface area (Å²) in [6.07, 6.45) is 1.90. The number of carbonyl (C=O) groups is 1. The Morgan fingerprint density at radius 3 is 2.47 bits per heavy atom. The summed E-state index contributed by atoms with van der Waals surface area (Å²) in [7, 11) is -9.50. The Morgan fingerprint density at radius 2 is 1.72 bits per heavy atom. The second-order valence-electron chi connectivity index (χ2n) is 11.4. The first-order valence-corrected chi connectivity index (χ1v) is 18.0. The number of benzene rings is 3. The fourth-order valence-corrected chi connectivity index (χ4v) is 6.23. The number of rotatable bonds is 17. The summed E-state index contributed by atoms with van der Waals surface area (Å²) in [5, 5.41) is 13.6. The highest BCUT2D eigenvalue weighted by atomic mass is 31.2. The van der Waals surface area contributed by atoms with Crippen LogP contribution in [-0.4, -0.2) is 42.3 Å². The Kier molecular flexibility index (Phi) is 12.5. The molecule has 47 heavy (non-hydrogen) atoms. The Labute approximate surface area is 271 Å². The molecule has 2 aliphatic rings. The summed E-state index contributed by atoms with van der Waals surface area (Å²) in [5.41, 5.74) is 2.80. The van der Waals surface area contributed by atoms with E-state index in [2.05, 4.69) is 9.84 Å². The van der Waals surface area contributed by atoms with Crippen molar-refractivity contribution in [1.29, 1.82) is 0 Å². The van der Waals surface area contributed by atoms with Crippen LogP contribution in [0.4, 0.5) is 0 Å². The van der Waals surface area contributed by atoms with E-state index in [1.165, 1.54) is 18.2 Å². The van der Waals surface area contributed by atoms with Crippen molar-refractivity contribution in [2.75, 3.05) is 26.4 Å². The zero-order valence-corrected chi connectivity index (χ0v) is 27.7. The van der Waals surface area contributed by atoms with Gasteiger partial charge < -0.3 is 43.1 Å². The molecular formula is C32H37NO12P2-2. The van der Waals surface area contributed by atoms with Gasteiger partial charge in [0.25, 0.3) is 21.6 Å². The standard InChI is InChI=1S/C32H39NO12P2/c1-21(2)24(20-44-47(40,41)43-16-6-15-42-46(37,38)39)7-3-4-14-33-32(36)23-9-5-8-22(17-23)31-27-12-10-25(34)18-29(27)45-30-19-26(35)11-13-28(30)31/h5,8-13,17-19,21,24,34H,3-4,6-7,14-16,20H2,1-2H3,(H,33,36)(H,40,41)(H2,37,38,39)/p-2. The number of hydrogen-bond acceptors (Lipinski definition) is 11. The van der Waals surface area contributed by atoms with Crippen molar-refractivity contribution < 1.29 is 51.7 Å². The van der Waals surface area contributed by atoms with Crippen molar-refractivity contribution in [2.45, 2.75) is 39.5 Å². The van der Waals surface area contributed by atoms with Crippen molar-refractivity contribution >= 4 is 32.5 Å². The van der Waals surface area contributed by atoms with Crippen molar-refractivity contribution in [1.82, 2.24) is 5.32 Å². The van der Waals surface area contributed by atoms with Crippen LogP contribution < -0.4 is 20.5 Å². The number of phenolic OH excluding ortho intramolecular Hbond substituents is 1. The van der Waals surface area contributed by atoms with Crippen LogP contribution in [0.15, 0.2) is 69.9 Å². The second-order valence-corrected chi connectivity index (χ2v) is 14.0. The number of unbranched alkanes of at least 4 members (excludes halogenated alkanes) is 1. The molecule has 1 heterocycles. The fraction of sp³-hybridized carbons (Fsp3) is 0.375. The first-order valence-electron chi connectivity index (χ1n) is 15.1. The van der Waals surface area contributed by atoms with E-state index >= 15 is 0 Å². The summed E-state index contributed by atoms with van der Waals surface area (Å²) in [4.78, 5) is 56.3. The Morgan fingerprint density at radius 1 is 0.957 bits per heavy atom. The van der Waals surface area contributed by atoms with Crippen LogP contribution in [0.2, 0.25) is 0 Å². The van der Waals surface area contributed by atoms with E-state index in [4.69, 9.17) is 18.4 Å². The Hall–Kier alpha value is -3.38. The van der Waals surface area contributed by atoms with Crippen LogP contribution in [0, 0.1) is 11.8 Å². The number of phosphoric acid groups is 2. The molecule has 15 heteroatoms. The molecule has 2 aromatic carbocycles. The topological polar surface area (TPSA) is 208 Å². The highest BCUT2D eigenvalue weighted by molar-refractivity contribution is 7.45. The second kappa shape index (κ2) is 16.1. The molecule has 3 N–H and O–H groups in total. The molecule has 0 spiro atoms. The van der Waals surface area contributed by atoms with Gasteiger partial charge in [-0.25, -0.2) is 0 Å². The number of amides is 1. The average Bonchev–Trinajstić information content (AvgIpc) is 3.00. The van der Waals surface area contributed by atoms with Gasteiger partial charge in [-0.2, -0.15) is 0 Å². The molecule has 0 saturated heterocycles. The third-order valence-electron chi connectivity index (χ3n) is 7.56. The molecule has 0 aromatic heterocycles. The molecule has 13 nitrogen and oxygen atoms in total. The van der Waals surface area contributed by atoms with Gasteiger partial charge in [-0.3, -0.25) is 18.7 Å². The fourth-order valence-electron chi connectivity index (χ4n) is 5.07. The van der Waals surface area contributed by atoms with Gasteiger partial charge in [-0.05, 0) is 73.1 Å². The molecular weight excluding hydrogens is 652 g/mol. The van der Waals surface area contributed by atoms with Gasteiger partial charge in [0.2, 0.25) is 0 Å². The van der Waals surface area contributed by atoms with Gasteiger partial charge in [0.1, 0.15) is 17.1 Å². The quantitative estimate of drug-likeness (QED) is 0.0775. The predicted molar refractivity (Wildman–Crippen MR) is 171 cm³/mol. The number of hydrogen-bond donors (Lipinski definition) is 3. The molecule has 0 radical (unpaired) electrons. The summed E-state index contributed by atoms with van der Waals surface area (Å²) in [6.45, 7) is 3.40. The zero-order chi connectivity index (χ0) is 34.2. The monoisotopic (exact) mass is 689 g/mol. The van der Waals surface area contributed by atoms with Crippen LogP contribution in [0.5, 0.6) is 5.75 Å². The van der Waals surface area contributed by atoms with E-state index < -0.39 is 22.3 Å². The SMILES string of the molecule is CC(C)C(CCCCNC(=O)c1cccc(-c2c3ccc(=O)cc-3oc3cc(O)ccc23)c1)COP(=O)([O-])OCCCOP(=O)([O-])O. The minimum absolute atomic E-state index is 0.0182.